The van der Waals surface area contributed by atoms with Gasteiger partial charge in [0.2, 0.25) is 0 Å². The van der Waals surface area contributed by atoms with Crippen LogP contribution in [0.15, 0.2) is 128 Å². The van der Waals surface area contributed by atoms with Crippen molar-refractivity contribution in [2.75, 3.05) is 0 Å². The largest absolute Gasteiger partial charge is 0.265 e. The summed E-state index contributed by atoms with van der Waals surface area (Å²) < 4.78 is 0. The van der Waals surface area contributed by atoms with Gasteiger partial charge in [0.05, 0.1) is 0 Å². The van der Waals surface area contributed by atoms with Gasteiger partial charge in [-0.3, -0.25) is 19.9 Å². The first-order valence-corrected chi connectivity index (χ1v) is 16.2. The second kappa shape index (κ2) is 23.2. The Morgan fingerprint density at radius 1 is 0.333 bits per heavy atom. The van der Waals surface area contributed by atoms with Crippen molar-refractivity contribution in [3.8, 4) is 0 Å². The fourth-order valence-corrected chi connectivity index (χ4v) is 3.77. The molecule has 1 aromatic carbocycles. The highest BCUT2D eigenvalue weighted by molar-refractivity contribution is 5.18. The van der Waals surface area contributed by atoms with E-state index in [4.69, 9.17) is 0 Å². The second-order valence-corrected chi connectivity index (χ2v) is 12.3. The molecule has 4 heterocycles. The number of aromatic nitrogens is 4. The SMILES string of the molecule is CC(C)c1ccccc1.CC(C)c1ccccn1.CC(C)c1cccnc1.CC(C)c1ccncc1.CC(C)c1ccncc1. The first-order chi connectivity index (χ1) is 21.5. The minimum Gasteiger partial charge on any atom is -0.265 e. The number of hydrogen-bond acceptors (Lipinski definition) is 4. The molecule has 0 atom stereocenters. The molecule has 5 aromatic rings. The highest BCUT2D eigenvalue weighted by atomic mass is 14.7. The number of nitrogens with zero attached hydrogens (tertiary/aromatic N) is 4. The molecule has 0 saturated heterocycles. The molecule has 5 rings (SSSR count). The molecule has 0 spiro atoms. The van der Waals surface area contributed by atoms with E-state index in [2.05, 4.69) is 120 Å². The first kappa shape index (κ1) is 38.8. The van der Waals surface area contributed by atoms with E-state index in [1.54, 1.807) is 6.20 Å². The van der Waals surface area contributed by atoms with Gasteiger partial charge in [0.15, 0.2) is 0 Å². The molecule has 0 N–H and O–H groups in total. The van der Waals surface area contributed by atoms with Crippen molar-refractivity contribution in [2.24, 2.45) is 0 Å². The summed E-state index contributed by atoms with van der Waals surface area (Å²) in [5.74, 6) is 3.04. The Morgan fingerprint density at radius 2 is 0.756 bits per heavy atom. The Hall–Kier alpha value is -4.18. The third-order valence-electron chi connectivity index (χ3n) is 6.84. The number of benzene rings is 1. The third kappa shape index (κ3) is 18.3. The van der Waals surface area contributed by atoms with Gasteiger partial charge in [0.1, 0.15) is 0 Å². The van der Waals surface area contributed by atoms with Gasteiger partial charge < -0.3 is 0 Å². The van der Waals surface area contributed by atoms with E-state index in [0.29, 0.717) is 29.6 Å². The van der Waals surface area contributed by atoms with Crippen LogP contribution in [0, 0.1) is 0 Å². The van der Waals surface area contributed by atoms with Crippen LogP contribution in [0.4, 0.5) is 0 Å². The Labute approximate surface area is 274 Å². The zero-order valence-electron chi connectivity index (χ0n) is 29.3. The van der Waals surface area contributed by atoms with Crippen molar-refractivity contribution >= 4 is 0 Å². The van der Waals surface area contributed by atoms with Crippen LogP contribution in [-0.4, -0.2) is 19.9 Å². The molecule has 0 radical (unpaired) electrons. The Kier molecular flexibility index (Phi) is 20.1. The maximum absolute atomic E-state index is 4.18. The highest BCUT2D eigenvalue weighted by Crippen LogP contribution is 2.13. The lowest BCUT2D eigenvalue weighted by Crippen LogP contribution is -1.88. The van der Waals surface area contributed by atoms with E-state index in [9.17, 15) is 0 Å². The molecule has 0 saturated carbocycles. The van der Waals surface area contributed by atoms with Crippen LogP contribution in [0.2, 0.25) is 0 Å². The van der Waals surface area contributed by atoms with Crippen molar-refractivity contribution in [2.45, 2.75) is 98.8 Å². The zero-order chi connectivity index (χ0) is 33.5. The Bertz CT molecular complexity index is 1090. The molecule has 4 aromatic heterocycles. The quantitative estimate of drug-likeness (QED) is 0.200. The van der Waals surface area contributed by atoms with Gasteiger partial charge in [-0.25, -0.2) is 0 Å². The van der Waals surface area contributed by atoms with Crippen LogP contribution in [0.1, 0.15) is 127 Å². The molecule has 0 bridgehead atoms. The van der Waals surface area contributed by atoms with Gasteiger partial charge in [-0.15, -0.1) is 0 Å². The lowest BCUT2D eigenvalue weighted by Gasteiger charge is -2.01. The minimum absolute atomic E-state index is 0.547. The average Bonchev–Trinajstić information content (AvgIpc) is 3.08. The molecule has 0 unspecified atom stereocenters. The summed E-state index contributed by atoms with van der Waals surface area (Å²) in [4.78, 5) is 16.0. The topological polar surface area (TPSA) is 51.6 Å². The number of pyridine rings is 4. The van der Waals surface area contributed by atoms with Crippen LogP contribution < -0.4 is 0 Å². The molecule has 4 nitrogen and oxygen atoms in total. The second-order valence-electron chi connectivity index (χ2n) is 12.3. The fourth-order valence-electron chi connectivity index (χ4n) is 3.77. The van der Waals surface area contributed by atoms with Crippen LogP contribution in [-0.2, 0) is 0 Å². The van der Waals surface area contributed by atoms with E-state index in [-0.39, 0.29) is 0 Å². The van der Waals surface area contributed by atoms with E-state index >= 15 is 0 Å². The maximum atomic E-state index is 4.18. The van der Waals surface area contributed by atoms with Gasteiger partial charge in [-0.2, -0.15) is 0 Å². The van der Waals surface area contributed by atoms with Gasteiger partial charge in [0.25, 0.3) is 0 Å². The van der Waals surface area contributed by atoms with E-state index in [0.717, 1.165) is 5.69 Å². The zero-order valence-corrected chi connectivity index (χ0v) is 29.3. The molecule has 0 amide bonds. The minimum atomic E-state index is 0.547. The van der Waals surface area contributed by atoms with E-state index in [1.807, 2.05) is 91.8 Å². The average molecular weight is 605 g/mol. The van der Waals surface area contributed by atoms with Crippen LogP contribution >= 0.6 is 0 Å². The van der Waals surface area contributed by atoms with Crippen molar-refractivity contribution in [1.29, 1.82) is 0 Å². The lowest BCUT2D eigenvalue weighted by molar-refractivity contribution is 0.823. The molecular formula is C41H56N4. The smallest absolute Gasteiger partial charge is 0.0428 e. The molecule has 0 aliphatic carbocycles. The van der Waals surface area contributed by atoms with Gasteiger partial charge in [-0.1, -0.05) is 112 Å². The maximum Gasteiger partial charge on any atom is 0.0428 e. The first-order valence-electron chi connectivity index (χ1n) is 16.2. The van der Waals surface area contributed by atoms with Gasteiger partial charge in [0, 0.05) is 49.1 Å². The summed E-state index contributed by atoms with van der Waals surface area (Å²) in [5, 5.41) is 0. The summed E-state index contributed by atoms with van der Waals surface area (Å²) in [5.41, 5.74) is 6.59. The summed E-state index contributed by atoms with van der Waals surface area (Å²) >= 11 is 0. The summed E-state index contributed by atoms with van der Waals surface area (Å²) in [7, 11) is 0. The standard InChI is InChI=1S/C9H12.4C8H11N/c1-8(2)9-6-4-3-5-7-9;2*1-7(2)8-3-5-9-6-4-8;1-7(2)8-4-3-5-9-6-8;1-7(2)8-5-3-4-6-9-8/h3-8H,1-2H3;4*3-7H,1-2H3. The molecule has 0 aliphatic heterocycles. The fraction of sp³-hybridized carbons (Fsp3) is 0.366. The molecular weight excluding hydrogens is 548 g/mol. The van der Waals surface area contributed by atoms with Crippen LogP contribution in [0.25, 0.3) is 0 Å². The van der Waals surface area contributed by atoms with Crippen molar-refractivity contribution < 1.29 is 0 Å². The van der Waals surface area contributed by atoms with Crippen LogP contribution in [0.5, 0.6) is 0 Å². The van der Waals surface area contributed by atoms with Gasteiger partial charge in [-0.05, 0) is 94.3 Å². The molecule has 240 valence electrons. The van der Waals surface area contributed by atoms with Crippen molar-refractivity contribution in [1.82, 2.24) is 19.9 Å². The molecule has 0 fully saturated rings. The number of hydrogen-bond donors (Lipinski definition) is 0. The number of rotatable bonds is 5. The normalized spacial score (nSPS) is 10.1. The van der Waals surface area contributed by atoms with Crippen molar-refractivity contribution in [3.63, 3.8) is 0 Å². The Morgan fingerprint density at radius 3 is 1.02 bits per heavy atom. The summed E-state index contributed by atoms with van der Waals surface area (Å²) in [6, 6.07) is 28.8. The highest BCUT2D eigenvalue weighted by Gasteiger charge is 1.97. The van der Waals surface area contributed by atoms with Crippen LogP contribution in [0.3, 0.4) is 0 Å². The monoisotopic (exact) mass is 604 g/mol. The van der Waals surface area contributed by atoms with Gasteiger partial charge >= 0.3 is 0 Å². The van der Waals surface area contributed by atoms with E-state index < -0.39 is 0 Å². The predicted molar refractivity (Wildman–Crippen MR) is 194 cm³/mol. The predicted octanol–water partition coefficient (Wildman–Crippen LogP) is 11.6. The lowest BCUT2D eigenvalue weighted by atomic mass is 10.0. The molecule has 4 heteroatoms. The van der Waals surface area contributed by atoms with E-state index in [1.165, 1.54) is 22.3 Å². The molecule has 0 aliphatic rings. The van der Waals surface area contributed by atoms with Crippen molar-refractivity contribution in [3.05, 3.63) is 156 Å². The Balaban J connectivity index is 0.000000281. The molecule has 45 heavy (non-hydrogen) atoms. The summed E-state index contributed by atoms with van der Waals surface area (Å²) in [6.07, 6.45) is 12.8. The summed E-state index contributed by atoms with van der Waals surface area (Å²) in [6.45, 7) is 21.7. The third-order valence-corrected chi connectivity index (χ3v) is 6.84.